The third-order valence-corrected chi connectivity index (χ3v) is 5.32. The van der Waals surface area contributed by atoms with Crippen molar-refractivity contribution in [2.75, 3.05) is 6.61 Å². The zero-order chi connectivity index (χ0) is 14.0. The predicted molar refractivity (Wildman–Crippen MR) is 82.9 cm³/mol. The molecule has 1 aromatic rings. The van der Waals surface area contributed by atoms with Crippen LogP contribution < -0.4 is 5.73 Å². The van der Waals surface area contributed by atoms with E-state index in [0.717, 1.165) is 19.4 Å². The molecule has 0 aromatic heterocycles. The molecule has 0 amide bonds. The molecule has 1 aliphatic carbocycles. The molecule has 3 unspecified atom stereocenters. The maximum atomic E-state index is 6.55. The number of benzene rings is 1. The Hall–Kier alpha value is -0.860. The molecule has 20 heavy (non-hydrogen) atoms. The first-order chi connectivity index (χ1) is 9.69. The van der Waals surface area contributed by atoms with E-state index >= 15 is 0 Å². The van der Waals surface area contributed by atoms with Gasteiger partial charge in [0, 0.05) is 12.6 Å². The average molecular weight is 273 g/mol. The second-order valence-electron chi connectivity index (χ2n) is 6.75. The van der Waals surface area contributed by atoms with Crippen LogP contribution >= 0.6 is 0 Å². The van der Waals surface area contributed by atoms with E-state index in [1.165, 1.54) is 43.2 Å². The molecule has 1 saturated heterocycles. The molecule has 110 valence electrons. The van der Waals surface area contributed by atoms with Gasteiger partial charge in [-0.3, -0.25) is 0 Å². The van der Waals surface area contributed by atoms with Crippen molar-refractivity contribution < 1.29 is 4.74 Å². The summed E-state index contributed by atoms with van der Waals surface area (Å²) in [5, 5.41) is 0. The molecule has 3 rings (SSSR count). The Morgan fingerprint density at radius 3 is 2.95 bits per heavy atom. The van der Waals surface area contributed by atoms with Gasteiger partial charge in [0.2, 0.25) is 0 Å². The first-order valence-corrected chi connectivity index (χ1v) is 8.16. The van der Waals surface area contributed by atoms with Gasteiger partial charge in [0.1, 0.15) is 0 Å². The molecule has 0 spiro atoms. The number of ether oxygens (including phenoxy) is 1. The van der Waals surface area contributed by atoms with Crippen molar-refractivity contribution in [1.29, 1.82) is 0 Å². The van der Waals surface area contributed by atoms with E-state index in [0.29, 0.717) is 5.92 Å². The number of rotatable bonds is 3. The van der Waals surface area contributed by atoms with Crippen molar-refractivity contribution in [3.8, 4) is 0 Å². The van der Waals surface area contributed by atoms with E-state index in [-0.39, 0.29) is 11.6 Å². The third-order valence-electron chi connectivity index (χ3n) is 5.32. The van der Waals surface area contributed by atoms with E-state index in [1.807, 2.05) is 0 Å². The number of hydrogen-bond donors (Lipinski definition) is 1. The van der Waals surface area contributed by atoms with Crippen molar-refractivity contribution in [1.82, 2.24) is 0 Å². The second kappa shape index (κ2) is 5.87. The molecule has 1 heterocycles. The Kier molecular flexibility index (Phi) is 4.13. The molecule has 2 aliphatic rings. The van der Waals surface area contributed by atoms with Crippen LogP contribution in [-0.2, 0) is 11.2 Å². The number of nitrogens with two attached hydrogens (primary N) is 1. The van der Waals surface area contributed by atoms with Gasteiger partial charge in [-0.25, -0.2) is 0 Å². The lowest BCUT2D eigenvalue weighted by Gasteiger charge is -2.41. The Labute approximate surface area is 122 Å². The lowest BCUT2D eigenvalue weighted by Crippen LogP contribution is -2.50. The Bertz CT molecular complexity index is 450. The highest BCUT2D eigenvalue weighted by atomic mass is 16.5. The Morgan fingerprint density at radius 2 is 2.15 bits per heavy atom. The minimum absolute atomic E-state index is 0.107. The molecule has 0 bridgehead atoms. The number of aryl methyl sites for hydroxylation is 1. The normalized spacial score (nSPS) is 31.6. The first-order valence-electron chi connectivity index (χ1n) is 8.16. The minimum atomic E-state index is -0.107. The topological polar surface area (TPSA) is 35.2 Å². The summed E-state index contributed by atoms with van der Waals surface area (Å²) in [6, 6.07) is 9.06. The van der Waals surface area contributed by atoms with E-state index in [1.54, 1.807) is 0 Å². The van der Waals surface area contributed by atoms with Gasteiger partial charge in [0.15, 0.2) is 0 Å². The van der Waals surface area contributed by atoms with Crippen molar-refractivity contribution in [2.45, 2.75) is 69.4 Å². The summed E-state index contributed by atoms with van der Waals surface area (Å²) < 4.78 is 6.03. The quantitative estimate of drug-likeness (QED) is 0.909. The standard InChI is InChI=1S/C18H27NO/c1-18(11-4-5-12-20-18)17(19)13-15-9-6-8-14-7-2-3-10-16(14)15/h2-3,7,10,15,17H,4-6,8-9,11-13,19H2,1H3. The van der Waals surface area contributed by atoms with Crippen molar-refractivity contribution in [3.05, 3.63) is 35.4 Å². The fraction of sp³-hybridized carbons (Fsp3) is 0.667. The van der Waals surface area contributed by atoms with E-state index in [9.17, 15) is 0 Å². The van der Waals surface area contributed by atoms with Crippen molar-refractivity contribution >= 4 is 0 Å². The highest BCUT2D eigenvalue weighted by Gasteiger charge is 2.36. The van der Waals surface area contributed by atoms with Gasteiger partial charge >= 0.3 is 0 Å². The molecule has 3 atom stereocenters. The molecule has 0 saturated carbocycles. The van der Waals surface area contributed by atoms with Gasteiger partial charge in [0.05, 0.1) is 5.60 Å². The molecule has 2 N–H and O–H groups in total. The van der Waals surface area contributed by atoms with Crippen LogP contribution in [0.2, 0.25) is 0 Å². The fourth-order valence-corrected chi connectivity index (χ4v) is 3.90. The molecule has 0 radical (unpaired) electrons. The summed E-state index contributed by atoms with van der Waals surface area (Å²) in [6.07, 6.45) is 8.43. The van der Waals surface area contributed by atoms with Gasteiger partial charge < -0.3 is 10.5 Å². The summed E-state index contributed by atoms with van der Waals surface area (Å²) in [5.74, 6) is 0.623. The second-order valence-corrected chi connectivity index (χ2v) is 6.75. The van der Waals surface area contributed by atoms with Crippen LogP contribution in [-0.4, -0.2) is 18.2 Å². The average Bonchev–Trinajstić information content (AvgIpc) is 2.48. The molecule has 1 fully saturated rings. The maximum absolute atomic E-state index is 6.55. The van der Waals surface area contributed by atoms with Crippen LogP contribution in [0.5, 0.6) is 0 Å². The van der Waals surface area contributed by atoms with Gasteiger partial charge in [-0.15, -0.1) is 0 Å². The summed E-state index contributed by atoms with van der Waals surface area (Å²) >= 11 is 0. The van der Waals surface area contributed by atoms with Crippen molar-refractivity contribution in [2.24, 2.45) is 5.73 Å². The van der Waals surface area contributed by atoms with Gasteiger partial charge in [-0.1, -0.05) is 24.3 Å². The summed E-state index contributed by atoms with van der Waals surface area (Å²) in [4.78, 5) is 0. The summed E-state index contributed by atoms with van der Waals surface area (Å²) in [5.41, 5.74) is 9.51. The SMILES string of the molecule is CC1(C(N)CC2CCCc3ccccc32)CCCCO1. The first kappa shape index (κ1) is 14.1. The Balaban J connectivity index is 1.72. The van der Waals surface area contributed by atoms with Gasteiger partial charge in [-0.2, -0.15) is 0 Å². The lowest BCUT2D eigenvalue weighted by molar-refractivity contribution is -0.0836. The zero-order valence-electron chi connectivity index (χ0n) is 12.6. The van der Waals surface area contributed by atoms with E-state index in [2.05, 4.69) is 31.2 Å². The smallest absolute Gasteiger partial charge is 0.0804 e. The van der Waals surface area contributed by atoms with E-state index in [4.69, 9.17) is 10.5 Å². The van der Waals surface area contributed by atoms with Crippen LogP contribution in [0.3, 0.4) is 0 Å². The van der Waals surface area contributed by atoms with Crippen LogP contribution in [0.4, 0.5) is 0 Å². The lowest BCUT2D eigenvalue weighted by atomic mass is 9.76. The summed E-state index contributed by atoms with van der Waals surface area (Å²) in [7, 11) is 0. The van der Waals surface area contributed by atoms with Crippen LogP contribution in [0.25, 0.3) is 0 Å². The minimum Gasteiger partial charge on any atom is -0.374 e. The zero-order valence-corrected chi connectivity index (χ0v) is 12.6. The Morgan fingerprint density at radius 1 is 1.30 bits per heavy atom. The van der Waals surface area contributed by atoms with Crippen LogP contribution in [0.1, 0.15) is 62.5 Å². The molecular weight excluding hydrogens is 246 g/mol. The highest BCUT2D eigenvalue weighted by molar-refractivity contribution is 5.32. The molecule has 2 heteroatoms. The van der Waals surface area contributed by atoms with Crippen molar-refractivity contribution in [3.63, 3.8) is 0 Å². The molecule has 1 aromatic carbocycles. The number of hydrogen-bond acceptors (Lipinski definition) is 2. The monoisotopic (exact) mass is 273 g/mol. The van der Waals surface area contributed by atoms with Crippen LogP contribution in [0, 0.1) is 0 Å². The van der Waals surface area contributed by atoms with E-state index < -0.39 is 0 Å². The predicted octanol–water partition coefficient (Wildman–Crippen LogP) is 3.78. The van der Waals surface area contributed by atoms with Gasteiger partial charge in [0.25, 0.3) is 0 Å². The number of fused-ring (bicyclic) bond motifs is 1. The maximum Gasteiger partial charge on any atom is 0.0804 e. The highest BCUT2D eigenvalue weighted by Crippen LogP contribution is 2.38. The third kappa shape index (κ3) is 2.77. The fourth-order valence-electron chi connectivity index (χ4n) is 3.90. The molecule has 2 nitrogen and oxygen atoms in total. The van der Waals surface area contributed by atoms with Gasteiger partial charge in [-0.05, 0) is 68.9 Å². The largest absolute Gasteiger partial charge is 0.374 e. The van der Waals surface area contributed by atoms with Crippen LogP contribution in [0.15, 0.2) is 24.3 Å². The molecule has 1 aliphatic heterocycles. The molecular formula is C18H27NO. The summed E-state index contributed by atoms with van der Waals surface area (Å²) in [6.45, 7) is 3.09.